The largest absolute Gasteiger partial charge is 0.489 e. The number of fused-ring (bicyclic) bond motifs is 1. The molecule has 0 radical (unpaired) electrons. The van der Waals surface area contributed by atoms with Crippen LogP contribution < -0.4 is 10.1 Å². The van der Waals surface area contributed by atoms with Crippen LogP contribution in [0.4, 0.5) is 5.69 Å². The van der Waals surface area contributed by atoms with E-state index in [4.69, 9.17) is 4.74 Å². The molecule has 0 bridgehead atoms. The molecule has 0 aromatic heterocycles. The second-order valence-corrected chi connectivity index (χ2v) is 7.09. The molecular formula is C24H24N2O2. The fourth-order valence-corrected chi connectivity index (χ4v) is 3.77. The van der Waals surface area contributed by atoms with Crippen molar-refractivity contribution in [2.24, 2.45) is 0 Å². The zero-order chi connectivity index (χ0) is 19.6. The normalized spacial score (nSPS) is 18.4. The number of hydrogen-bond acceptors (Lipinski definition) is 3. The highest BCUT2D eigenvalue weighted by Gasteiger charge is 2.41. The Morgan fingerprint density at radius 3 is 2.50 bits per heavy atom. The molecular weight excluding hydrogens is 348 g/mol. The lowest BCUT2D eigenvalue weighted by atomic mass is 9.93. The first kappa shape index (κ1) is 18.1. The lowest BCUT2D eigenvalue weighted by Gasteiger charge is -2.46. The first-order valence-corrected chi connectivity index (χ1v) is 9.58. The number of rotatable bonds is 5. The molecule has 3 aromatic rings. The van der Waals surface area contributed by atoms with Gasteiger partial charge in [0.05, 0.1) is 5.56 Å². The number of benzene rings is 3. The molecule has 0 saturated carbocycles. The molecule has 28 heavy (non-hydrogen) atoms. The van der Waals surface area contributed by atoms with E-state index in [1.807, 2.05) is 97.6 Å². The third-order valence-electron chi connectivity index (χ3n) is 5.28. The number of anilines is 1. The average Bonchev–Trinajstić information content (AvgIpc) is 2.73. The molecule has 4 rings (SSSR count). The molecule has 1 amide bonds. The van der Waals surface area contributed by atoms with Crippen molar-refractivity contribution in [3.8, 4) is 5.75 Å². The number of nitrogens with zero attached hydrogens (tertiary/aromatic N) is 1. The number of carbonyl (C=O) groups excluding carboxylic acids is 1. The van der Waals surface area contributed by atoms with Crippen molar-refractivity contribution in [1.82, 2.24) is 4.90 Å². The van der Waals surface area contributed by atoms with Gasteiger partial charge in [0.1, 0.15) is 18.0 Å². The number of amides is 1. The van der Waals surface area contributed by atoms with Crippen molar-refractivity contribution >= 4 is 11.6 Å². The van der Waals surface area contributed by atoms with Crippen molar-refractivity contribution < 1.29 is 9.53 Å². The zero-order valence-corrected chi connectivity index (χ0v) is 16.2. The summed E-state index contributed by atoms with van der Waals surface area (Å²) in [7, 11) is 0. The Kier molecular flexibility index (Phi) is 4.78. The third-order valence-corrected chi connectivity index (χ3v) is 5.28. The molecule has 142 valence electrons. The molecule has 1 aliphatic rings. The first-order chi connectivity index (χ1) is 13.6. The second-order valence-electron chi connectivity index (χ2n) is 7.09. The summed E-state index contributed by atoms with van der Waals surface area (Å²) in [5, 5.41) is 3.57. The smallest absolute Gasteiger partial charge is 0.258 e. The summed E-state index contributed by atoms with van der Waals surface area (Å²) in [5.74, 6) is 0.821. The molecule has 4 nitrogen and oxygen atoms in total. The van der Waals surface area contributed by atoms with E-state index in [1.165, 1.54) is 0 Å². The second kappa shape index (κ2) is 7.39. The maximum atomic E-state index is 13.1. The maximum absolute atomic E-state index is 13.1. The summed E-state index contributed by atoms with van der Waals surface area (Å²) in [6.07, 6.45) is 0. The van der Waals surface area contributed by atoms with Gasteiger partial charge in [-0.05, 0) is 43.7 Å². The van der Waals surface area contributed by atoms with Gasteiger partial charge in [-0.3, -0.25) is 4.79 Å². The molecule has 0 fully saturated rings. The highest BCUT2D eigenvalue weighted by molar-refractivity contribution is 6.02. The van der Waals surface area contributed by atoms with Gasteiger partial charge in [-0.1, -0.05) is 54.6 Å². The fraction of sp³-hybridized carbons (Fsp3) is 0.208. The number of para-hydroxylation sites is 1. The monoisotopic (exact) mass is 372 g/mol. The van der Waals surface area contributed by atoms with Crippen molar-refractivity contribution in [2.75, 3.05) is 11.9 Å². The minimum Gasteiger partial charge on any atom is -0.489 e. The molecule has 1 atom stereocenters. The van der Waals surface area contributed by atoms with Crippen LogP contribution in [0.3, 0.4) is 0 Å². The van der Waals surface area contributed by atoms with Crippen LogP contribution >= 0.6 is 0 Å². The van der Waals surface area contributed by atoms with Crippen molar-refractivity contribution in [2.45, 2.75) is 26.1 Å². The van der Waals surface area contributed by atoms with Gasteiger partial charge in [0, 0.05) is 17.8 Å². The van der Waals surface area contributed by atoms with E-state index in [0.29, 0.717) is 18.7 Å². The summed E-state index contributed by atoms with van der Waals surface area (Å²) in [4.78, 5) is 15.0. The Balaban J connectivity index is 1.65. The summed E-state index contributed by atoms with van der Waals surface area (Å²) in [5.41, 5.74) is 3.03. The van der Waals surface area contributed by atoms with E-state index in [0.717, 1.165) is 22.6 Å². The topological polar surface area (TPSA) is 41.6 Å². The number of ether oxygens (including phenoxy) is 1. The Morgan fingerprint density at radius 1 is 0.964 bits per heavy atom. The molecule has 1 aliphatic heterocycles. The molecule has 3 aromatic carbocycles. The van der Waals surface area contributed by atoms with Gasteiger partial charge in [-0.2, -0.15) is 0 Å². The van der Waals surface area contributed by atoms with Gasteiger partial charge in [0.2, 0.25) is 0 Å². The Bertz CT molecular complexity index is 987. The fourth-order valence-electron chi connectivity index (χ4n) is 3.77. The third kappa shape index (κ3) is 3.22. The van der Waals surface area contributed by atoms with Gasteiger partial charge < -0.3 is 15.0 Å². The highest BCUT2D eigenvalue weighted by Crippen LogP contribution is 2.38. The Morgan fingerprint density at radius 2 is 1.71 bits per heavy atom. The van der Waals surface area contributed by atoms with Crippen molar-refractivity contribution in [3.63, 3.8) is 0 Å². The SMILES string of the molecule is CCN1C(=O)c2ccccc2NC1(C)c1cccc(OCc2ccccc2)c1. The zero-order valence-electron chi connectivity index (χ0n) is 16.2. The maximum Gasteiger partial charge on any atom is 0.258 e. The van der Waals surface area contributed by atoms with Crippen LogP contribution in [-0.4, -0.2) is 17.4 Å². The molecule has 1 N–H and O–H groups in total. The number of hydrogen-bond donors (Lipinski definition) is 1. The Hall–Kier alpha value is -3.27. The van der Waals surface area contributed by atoms with Gasteiger partial charge in [0.25, 0.3) is 5.91 Å². The van der Waals surface area contributed by atoms with Crippen LogP contribution in [0.2, 0.25) is 0 Å². The molecule has 0 saturated heterocycles. The van der Waals surface area contributed by atoms with Gasteiger partial charge >= 0.3 is 0 Å². The van der Waals surface area contributed by atoms with E-state index in [9.17, 15) is 4.79 Å². The quantitative estimate of drug-likeness (QED) is 0.683. The molecule has 0 spiro atoms. The lowest BCUT2D eigenvalue weighted by Crippen LogP contribution is -2.55. The van der Waals surface area contributed by atoms with Crippen LogP contribution in [0.25, 0.3) is 0 Å². The van der Waals surface area contributed by atoms with E-state index < -0.39 is 5.66 Å². The Labute approximate surface area is 165 Å². The van der Waals surface area contributed by atoms with Gasteiger partial charge in [-0.25, -0.2) is 0 Å². The molecule has 0 aliphatic carbocycles. The van der Waals surface area contributed by atoms with Gasteiger partial charge in [-0.15, -0.1) is 0 Å². The van der Waals surface area contributed by atoms with Crippen LogP contribution in [0.15, 0.2) is 78.9 Å². The lowest BCUT2D eigenvalue weighted by molar-refractivity contribution is 0.0552. The number of nitrogens with one attached hydrogen (secondary N) is 1. The van der Waals surface area contributed by atoms with Crippen LogP contribution in [-0.2, 0) is 12.3 Å². The van der Waals surface area contributed by atoms with Crippen LogP contribution in [0, 0.1) is 0 Å². The van der Waals surface area contributed by atoms with Crippen LogP contribution in [0.1, 0.15) is 35.3 Å². The summed E-state index contributed by atoms with van der Waals surface area (Å²) in [6, 6.07) is 25.7. The first-order valence-electron chi connectivity index (χ1n) is 9.58. The van der Waals surface area contributed by atoms with Crippen molar-refractivity contribution in [1.29, 1.82) is 0 Å². The molecule has 1 unspecified atom stereocenters. The van der Waals surface area contributed by atoms with E-state index in [2.05, 4.69) is 5.32 Å². The minimum absolute atomic E-state index is 0.0370. The summed E-state index contributed by atoms with van der Waals surface area (Å²) in [6.45, 7) is 5.15. The van der Waals surface area contributed by atoms with Gasteiger partial charge in [0.15, 0.2) is 0 Å². The van der Waals surface area contributed by atoms with E-state index >= 15 is 0 Å². The van der Waals surface area contributed by atoms with E-state index in [1.54, 1.807) is 0 Å². The standard InChI is InChI=1S/C24H24N2O2/c1-3-26-23(27)21-14-7-8-15-22(21)25-24(26,2)19-12-9-13-20(16-19)28-17-18-10-5-4-6-11-18/h4-16,25H,3,17H2,1-2H3. The van der Waals surface area contributed by atoms with Crippen molar-refractivity contribution in [3.05, 3.63) is 95.6 Å². The highest BCUT2D eigenvalue weighted by atomic mass is 16.5. The predicted octanol–water partition coefficient (Wildman–Crippen LogP) is 5.03. The van der Waals surface area contributed by atoms with Crippen LogP contribution in [0.5, 0.6) is 5.75 Å². The molecule has 4 heteroatoms. The number of carbonyl (C=O) groups is 1. The predicted molar refractivity (Wildman–Crippen MR) is 111 cm³/mol. The summed E-state index contributed by atoms with van der Waals surface area (Å²) < 4.78 is 6.00. The van der Waals surface area contributed by atoms with E-state index in [-0.39, 0.29) is 5.91 Å². The average molecular weight is 372 g/mol. The summed E-state index contributed by atoms with van der Waals surface area (Å²) >= 11 is 0. The minimum atomic E-state index is -0.647. The molecule has 1 heterocycles.